The Morgan fingerprint density at radius 1 is 1.00 bits per heavy atom. The summed E-state index contributed by atoms with van der Waals surface area (Å²) in [5.41, 5.74) is 0.0872. The zero-order chi connectivity index (χ0) is 25.1. The summed E-state index contributed by atoms with van der Waals surface area (Å²) in [5.74, 6) is 1.30. The maximum Gasteiger partial charge on any atom is 0.179 e. The van der Waals surface area contributed by atoms with Crippen LogP contribution in [0.2, 0.25) is 0 Å². The van der Waals surface area contributed by atoms with Gasteiger partial charge in [0.2, 0.25) is 0 Å². The number of sulfone groups is 1. The van der Waals surface area contributed by atoms with Crippen molar-refractivity contribution in [1.82, 2.24) is 0 Å². The third-order valence-corrected chi connectivity index (χ3v) is 8.33. The molecule has 5 nitrogen and oxygen atoms in total. The lowest BCUT2D eigenvalue weighted by molar-refractivity contribution is 0.0126. The standard InChI is InChI=1S/C18H28O4S.C7H8O.C2H6/c1-5-7-10-18(6-2)12-23(20,21)16-9-8-14(22-4)11-15(16)13(3)17(18)19;1-8-7-5-3-2-4-6-7;1-2/h8-9,11,13,17,19H,5-7,10,12H2,1-4H3;2-6H,1H3;1-2H3/t13-,17-,18-;;/m1../s1. The van der Waals surface area contributed by atoms with Gasteiger partial charge in [-0.1, -0.05) is 65.7 Å². The van der Waals surface area contributed by atoms with Crippen molar-refractivity contribution >= 4 is 9.84 Å². The van der Waals surface area contributed by atoms with Crippen LogP contribution in [0.15, 0.2) is 53.4 Å². The number of aliphatic hydroxyl groups is 1. The van der Waals surface area contributed by atoms with E-state index in [1.54, 1.807) is 32.4 Å². The minimum Gasteiger partial charge on any atom is -0.497 e. The summed E-state index contributed by atoms with van der Waals surface area (Å²) in [6.07, 6.45) is 2.62. The van der Waals surface area contributed by atoms with Crippen LogP contribution in [0.5, 0.6) is 11.5 Å². The maximum absolute atomic E-state index is 13.0. The molecule has 6 heteroatoms. The Balaban J connectivity index is 0.000000454. The molecule has 186 valence electrons. The van der Waals surface area contributed by atoms with Crippen molar-refractivity contribution in [2.75, 3.05) is 20.0 Å². The van der Waals surface area contributed by atoms with Gasteiger partial charge >= 0.3 is 0 Å². The monoisotopic (exact) mass is 478 g/mol. The maximum atomic E-state index is 13.0. The number of aliphatic hydroxyl groups excluding tert-OH is 1. The van der Waals surface area contributed by atoms with Crippen LogP contribution in [0.1, 0.15) is 71.8 Å². The highest BCUT2D eigenvalue weighted by molar-refractivity contribution is 7.91. The molecule has 1 aliphatic rings. The fraction of sp³-hybridized carbons (Fsp3) is 0.556. The van der Waals surface area contributed by atoms with Crippen LogP contribution in [0.3, 0.4) is 0 Å². The molecule has 0 saturated heterocycles. The summed E-state index contributed by atoms with van der Waals surface area (Å²) >= 11 is 0. The molecule has 0 bridgehead atoms. The van der Waals surface area contributed by atoms with Gasteiger partial charge in [0.1, 0.15) is 11.5 Å². The molecule has 0 aromatic heterocycles. The van der Waals surface area contributed by atoms with Gasteiger partial charge in [-0.2, -0.15) is 0 Å². The van der Waals surface area contributed by atoms with Crippen LogP contribution >= 0.6 is 0 Å². The Hall–Kier alpha value is -2.05. The predicted molar refractivity (Wildman–Crippen MR) is 136 cm³/mol. The number of para-hydroxylation sites is 1. The van der Waals surface area contributed by atoms with Crippen molar-refractivity contribution in [2.24, 2.45) is 5.41 Å². The van der Waals surface area contributed by atoms with Crippen molar-refractivity contribution in [3.63, 3.8) is 0 Å². The number of methoxy groups -OCH3 is 2. The number of benzene rings is 2. The molecule has 0 fully saturated rings. The number of ether oxygens (including phenoxy) is 2. The topological polar surface area (TPSA) is 72.8 Å². The molecule has 0 saturated carbocycles. The molecule has 2 aromatic carbocycles. The van der Waals surface area contributed by atoms with Gasteiger partial charge in [-0.3, -0.25) is 0 Å². The summed E-state index contributed by atoms with van der Waals surface area (Å²) in [7, 11) is -0.212. The zero-order valence-electron chi connectivity index (χ0n) is 21.3. The second-order valence-corrected chi connectivity index (χ2v) is 10.2. The third kappa shape index (κ3) is 7.21. The minimum absolute atomic E-state index is 0.0152. The van der Waals surface area contributed by atoms with Gasteiger partial charge in [0, 0.05) is 11.3 Å². The molecule has 1 aliphatic heterocycles. The Morgan fingerprint density at radius 3 is 2.09 bits per heavy atom. The molecule has 2 aromatic rings. The van der Waals surface area contributed by atoms with E-state index in [-0.39, 0.29) is 11.7 Å². The quantitative estimate of drug-likeness (QED) is 0.531. The first-order valence-electron chi connectivity index (χ1n) is 11.9. The first-order valence-corrected chi connectivity index (χ1v) is 13.6. The van der Waals surface area contributed by atoms with Gasteiger partial charge in [-0.15, -0.1) is 0 Å². The molecular weight excluding hydrogens is 436 g/mol. The Kier molecular flexibility index (Phi) is 12.0. The molecule has 0 aliphatic carbocycles. The molecule has 0 spiro atoms. The van der Waals surface area contributed by atoms with Gasteiger partial charge < -0.3 is 14.6 Å². The van der Waals surface area contributed by atoms with Gasteiger partial charge in [-0.25, -0.2) is 8.42 Å². The fourth-order valence-corrected chi connectivity index (χ4v) is 6.64. The summed E-state index contributed by atoms with van der Waals surface area (Å²) in [4.78, 5) is 0.344. The van der Waals surface area contributed by atoms with Crippen LogP contribution in [-0.2, 0) is 9.84 Å². The van der Waals surface area contributed by atoms with Crippen LogP contribution < -0.4 is 9.47 Å². The van der Waals surface area contributed by atoms with Gasteiger partial charge in [0.25, 0.3) is 0 Å². The van der Waals surface area contributed by atoms with Crippen LogP contribution in [-0.4, -0.2) is 39.6 Å². The summed E-state index contributed by atoms with van der Waals surface area (Å²) in [6, 6.07) is 14.7. The number of hydrogen-bond acceptors (Lipinski definition) is 5. The first-order chi connectivity index (χ1) is 15.7. The molecule has 0 amide bonds. The predicted octanol–water partition coefficient (Wildman–Crippen LogP) is 6.25. The van der Waals surface area contributed by atoms with Gasteiger partial charge in [0.15, 0.2) is 9.84 Å². The minimum atomic E-state index is -3.44. The van der Waals surface area contributed by atoms with E-state index in [0.29, 0.717) is 22.6 Å². The van der Waals surface area contributed by atoms with E-state index < -0.39 is 21.4 Å². The largest absolute Gasteiger partial charge is 0.497 e. The average Bonchev–Trinajstić information content (AvgIpc) is 2.92. The van der Waals surface area contributed by atoms with Crippen molar-refractivity contribution in [1.29, 1.82) is 0 Å². The van der Waals surface area contributed by atoms with E-state index in [2.05, 4.69) is 6.92 Å². The smallest absolute Gasteiger partial charge is 0.179 e. The Bertz CT molecular complexity index is 927. The first kappa shape index (κ1) is 29.0. The lowest BCUT2D eigenvalue weighted by Crippen LogP contribution is -2.41. The number of fused-ring (bicyclic) bond motifs is 1. The van der Waals surface area contributed by atoms with Crippen molar-refractivity contribution in [2.45, 2.75) is 77.2 Å². The average molecular weight is 479 g/mol. The van der Waals surface area contributed by atoms with E-state index >= 15 is 0 Å². The lowest BCUT2D eigenvalue weighted by Gasteiger charge is -2.38. The van der Waals surface area contributed by atoms with E-state index in [1.165, 1.54) is 0 Å². The molecule has 0 radical (unpaired) electrons. The molecule has 3 atom stereocenters. The highest BCUT2D eigenvalue weighted by Gasteiger charge is 2.47. The molecule has 1 N–H and O–H groups in total. The third-order valence-electron chi connectivity index (χ3n) is 6.33. The highest BCUT2D eigenvalue weighted by atomic mass is 32.2. The fourth-order valence-electron chi connectivity index (χ4n) is 4.33. The summed E-state index contributed by atoms with van der Waals surface area (Å²) < 4.78 is 36.1. The molecule has 1 heterocycles. The van der Waals surface area contributed by atoms with E-state index in [1.807, 2.05) is 58.0 Å². The molecule has 33 heavy (non-hydrogen) atoms. The number of hydrogen-bond donors (Lipinski definition) is 1. The lowest BCUT2D eigenvalue weighted by atomic mass is 9.71. The zero-order valence-corrected chi connectivity index (χ0v) is 22.1. The van der Waals surface area contributed by atoms with Crippen LogP contribution in [0.4, 0.5) is 0 Å². The van der Waals surface area contributed by atoms with Crippen molar-refractivity contribution in [3.05, 3.63) is 54.1 Å². The van der Waals surface area contributed by atoms with Crippen molar-refractivity contribution in [3.8, 4) is 11.5 Å². The number of unbranched alkanes of at least 4 members (excludes halogenated alkanes) is 1. The van der Waals surface area contributed by atoms with Crippen LogP contribution in [0.25, 0.3) is 0 Å². The Labute approximate surface area is 201 Å². The van der Waals surface area contributed by atoms with E-state index in [4.69, 9.17) is 9.47 Å². The van der Waals surface area contributed by atoms with E-state index in [0.717, 1.165) is 25.0 Å². The number of rotatable bonds is 6. The van der Waals surface area contributed by atoms with E-state index in [9.17, 15) is 13.5 Å². The SMILES string of the molecule is CC.CCCC[C@]1(CC)CS(=O)(=O)c2ccc(OC)cc2[C@@H](C)[C@H]1O.COc1ccccc1. The molecule has 3 rings (SSSR count). The normalized spacial score (nSPS) is 22.9. The van der Waals surface area contributed by atoms with Crippen LogP contribution in [0, 0.1) is 5.41 Å². The highest BCUT2D eigenvalue weighted by Crippen LogP contribution is 2.46. The molecular formula is C27H42O5S. The molecule has 0 unspecified atom stereocenters. The summed E-state index contributed by atoms with van der Waals surface area (Å²) in [5, 5.41) is 11.0. The summed E-state index contributed by atoms with van der Waals surface area (Å²) in [6.45, 7) is 9.99. The van der Waals surface area contributed by atoms with Gasteiger partial charge in [-0.05, 0) is 48.7 Å². The van der Waals surface area contributed by atoms with Crippen molar-refractivity contribution < 1.29 is 23.0 Å². The second kappa shape index (κ2) is 13.6. The van der Waals surface area contributed by atoms with Gasteiger partial charge in [0.05, 0.1) is 31.0 Å². The Morgan fingerprint density at radius 2 is 1.61 bits per heavy atom. The second-order valence-electron chi connectivity index (χ2n) is 8.23.